The van der Waals surface area contributed by atoms with Gasteiger partial charge in [-0.05, 0) is 6.42 Å². The zero-order chi connectivity index (χ0) is 9.14. The summed E-state index contributed by atoms with van der Waals surface area (Å²) in [4.78, 5) is 21.0. The van der Waals surface area contributed by atoms with E-state index in [0.29, 0.717) is 13.0 Å². The monoisotopic (exact) mass is 174 g/mol. The Morgan fingerprint density at radius 2 is 1.92 bits per heavy atom. The highest BCUT2D eigenvalue weighted by Gasteiger charge is 2.35. The summed E-state index contributed by atoms with van der Waals surface area (Å²) >= 11 is 0. The third-order valence-electron chi connectivity index (χ3n) is 1.82. The number of carbonyl (C=O) groups is 2. The van der Waals surface area contributed by atoms with Crippen LogP contribution in [-0.4, -0.2) is 34.7 Å². The van der Waals surface area contributed by atoms with Crippen LogP contribution in [0, 0.1) is 5.92 Å². The van der Waals surface area contributed by atoms with Crippen LogP contribution in [0.25, 0.3) is 0 Å². The zero-order valence-electron chi connectivity index (χ0n) is 6.28. The van der Waals surface area contributed by atoms with Crippen LogP contribution >= 0.6 is 0 Å². The molecule has 1 aliphatic rings. The van der Waals surface area contributed by atoms with E-state index in [2.05, 4.69) is 10.9 Å². The van der Waals surface area contributed by atoms with E-state index >= 15 is 0 Å². The average Bonchev–Trinajstić information content (AvgIpc) is 2.04. The largest absolute Gasteiger partial charge is 0.481 e. The molecule has 0 radical (unpaired) electrons. The summed E-state index contributed by atoms with van der Waals surface area (Å²) in [5.41, 5.74) is 5.03. The van der Waals surface area contributed by atoms with Crippen LogP contribution in [0.4, 0.5) is 0 Å². The highest BCUT2D eigenvalue weighted by molar-refractivity contribution is 5.82. The maximum atomic E-state index is 10.5. The average molecular weight is 174 g/mol. The number of carboxylic acids is 2. The predicted octanol–water partition coefficient (Wildman–Crippen LogP) is -1.36. The molecule has 1 unspecified atom stereocenters. The molecule has 6 nitrogen and oxygen atoms in total. The van der Waals surface area contributed by atoms with Crippen LogP contribution in [-0.2, 0) is 9.59 Å². The van der Waals surface area contributed by atoms with Crippen molar-refractivity contribution in [3.63, 3.8) is 0 Å². The minimum Gasteiger partial charge on any atom is -0.481 e. The van der Waals surface area contributed by atoms with Gasteiger partial charge in [-0.25, -0.2) is 5.43 Å². The molecule has 1 rings (SSSR count). The lowest BCUT2D eigenvalue weighted by Gasteiger charge is -2.26. The molecule has 4 N–H and O–H groups in total. The van der Waals surface area contributed by atoms with Gasteiger partial charge in [0.25, 0.3) is 0 Å². The van der Waals surface area contributed by atoms with Crippen molar-refractivity contribution in [2.45, 2.75) is 12.5 Å². The first-order valence-electron chi connectivity index (χ1n) is 3.57. The summed E-state index contributed by atoms with van der Waals surface area (Å²) in [6.45, 7) is 0.473. The fraction of sp³-hybridized carbons (Fsp3) is 0.667. The molecular formula is C6H10N2O4. The van der Waals surface area contributed by atoms with Gasteiger partial charge >= 0.3 is 11.9 Å². The highest BCUT2D eigenvalue weighted by Crippen LogP contribution is 2.11. The maximum Gasteiger partial charge on any atom is 0.322 e. The van der Waals surface area contributed by atoms with E-state index in [0.717, 1.165) is 0 Å². The Kier molecular flexibility index (Phi) is 2.61. The van der Waals surface area contributed by atoms with Gasteiger partial charge in [0.15, 0.2) is 0 Å². The first-order valence-corrected chi connectivity index (χ1v) is 3.57. The van der Waals surface area contributed by atoms with Gasteiger partial charge in [-0.15, -0.1) is 0 Å². The van der Waals surface area contributed by atoms with E-state index in [-0.39, 0.29) is 0 Å². The Balaban J connectivity index is 2.67. The lowest BCUT2D eigenvalue weighted by molar-refractivity contribution is -0.152. The smallest absolute Gasteiger partial charge is 0.322 e. The molecule has 0 bridgehead atoms. The molecule has 1 heterocycles. The number of nitrogens with one attached hydrogen (secondary N) is 2. The lowest BCUT2D eigenvalue weighted by atomic mass is 9.95. The SMILES string of the molecule is O=C(O)C1CCNN[C@H]1C(=O)O. The molecule has 0 aromatic rings. The number of rotatable bonds is 2. The van der Waals surface area contributed by atoms with Crippen LogP contribution in [0.15, 0.2) is 0 Å². The maximum absolute atomic E-state index is 10.5. The van der Waals surface area contributed by atoms with Gasteiger partial charge in [-0.3, -0.25) is 15.0 Å². The molecule has 0 aromatic heterocycles. The summed E-state index contributed by atoms with van der Waals surface area (Å²) < 4.78 is 0. The molecule has 0 saturated carbocycles. The van der Waals surface area contributed by atoms with Crippen LogP contribution in [0.3, 0.4) is 0 Å². The number of hydrazine groups is 1. The van der Waals surface area contributed by atoms with Crippen LogP contribution in [0.2, 0.25) is 0 Å². The van der Waals surface area contributed by atoms with Crippen LogP contribution < -0.4 is 10.9 Å². The minimum absolute atomic E-state index is 0.333. The van der Waals surface area contributed by atoms with Crippen molar-refractivity contribution < 1.29 is 19.8 Å². The first kappa shape index (κ1) is 8.95. The van der Waals surface area contributed by atoms with E-state index in [9.17, 15) is 9.59 Å². The fourth-order valence-electron chi connectivity index (χ4n) is 1.18. The van der Waals surface area contributed by atoms with Gasteiger partial charge in [0.2, 0.25) is 0 Å². The normalized spacial score (nSPS) is 29.7. The standard InChI is InChI=1S/C6H10N2O4/c9-5(10)3-1-2-7-8-4(3)6(11)12/h3-4,7-8H,1-2H2,(H,9,10)(H,11,12)/t3?,4-/m1/s1. The number of carboxylic acid groups (broad SMARTS) is 2. The van der Waals surface area contributed by atoms with Crippen LogP contribution in [0.5, 0.6) is 0 Å². The van der Waals surface area contributed by atoms with E-state index in [1.807, 2.05) is 0 Å². The van der Waals surface area contributed by atoms with E-state index in [4.69, 9.17) is 10.2 Å². The van der Waals surface area contributed by atoms with Gasteiger partial charge in [-0.2, -0.15) is 0 Å². The van der Waals surface area contributed by atoms with Crippen molar-refractivity contribution in [1.29, 1.82) is 0 Å². The zero-order valence-corrected chi connectivity index (χ0v) is 6.28. The molecule has 1 fully saturated rings. The van der Waals surface area contributed by atoms with Crippen molar-refractivity contribution in [2.75, 3.05) is 6.54 Å². The summed E-state index contributed by atoms with van der Waals surface area (Å²) in [7, 11) is 0. The molecule has 12 heavy (non-hydrogen) atoms. The molecule has 2 atom stereocenters. The molecule has 0 spiro atoms. The van der Waals surface area contributed by atoms with Gasteiger partial charge in [0, 0.05) is 6.54 Å². The summed E-state index contributed by atoms with van der Waals surface area (Å²) in [6, 6.07) is -1.03. The van der Waals surface area contributed by atoms with E-state index in [1.165, 1.54) is 0 Å². The molecule has 1 saturated heterocycles. The van der Waals surface area contributed by atoms with Crippen molar-refractivity contribution in [3.05, 3.63) is 0 Å². The van der Waals surface area contributed by atoms with Crippen molar-refractivity contribution in [3.8, 4) is 0 Å². The highest BCUT2D eigenvalue weighted by atomic mass is 16.4. The van der Waals surface area contributed by atoms with Gasteiger partial charge in [0.05, 0.1) is 5.92 Å². The molecule has 68 valence electrons. The Morgan fingerprint density at radius 3 is 2.33 bits per heavy atom. The quantitative estimate of drug-likeness (QED) is 0.412. The molecule has 6 heteroatoms. The first-order chi connectivity index (χ1) is 5.63. The van der Waals surface area contributed by atoms with E-state index < -0.39 is 23.9 Å². The minimum atomic E-state index is -1.14. The summed E-state index contributed by atoms with van der Waals surface area (Å²) in [6.07, 6.45) is 0.333. The van der Waals surface area contributed by atoms with E-state index in [1.54, 1.807) is 0 Å². The number of hydrogen-bond donors (Lipinski definition) is 4. The third-order valence-corrected chi connectivity index (χ3v) is 1.82. The molecule has 0 amide bonds. The topological polar surface area (TPSA) is 98.7 Å². The fourth-order valence-corrected chi connectivity index (χ4v) is 1.18. The van der Waals surface area contributed by atoms with Gasteiger partial charge < -0.3 is 10.2 Å². The lowest BCUT2D eigenvalue weighted by Crippen LogP contribution is -2.56. The summed E-state index contributed by atoms with van der Waals surface area (Å²) in [5.74, 6) is -3.06. The Labute approximate surface area is 68.5 Å². The molecule has 1 aliphatic heterocycles. The Bertz CT molecular complexity index is 184. The van der Waals surface area contributed by atoms with Gasteiger partial charge in [0.1, 0.15) is 6.04 Å². The van der Waals surface area contributed by atoms with Crippen LogP contribution in [0.1, 0.15) is 6.42 Å². The number of hydrogen-bond acceptors (Lipinski definition) is 4. The Morgan fingerprint density at radius 1 is 1.25 bits per heavy atom. The predicted molar refractivity (Wildman–Crippen MR) is 38.3 cm³/mol. The van der Waals surface area contributed by atoms with Crippen molar-refractivity contribution >= 4 is 11.9 Å². The van der Waals surface area contributed by atoms with Crippen molar-refractivity contribution in [2.24, 2.45) is 5.92 Å². The number of aliphatic carboxylic acids is 2. The second kappa shape index (κ2) is 3.51. The second-order valence-electron chi connectivity index (χ2n) is 2.62. The molecule has 0 aromatic carbocycles. The molecule has 0 aliphatic carbocycles. The van der Waals surface area contributed by atoms with Crippen molar-refractivity contribution in [1.82, 2.24) is 10.9 Å². The molecular weight excluding hydrogens is 164 g/mol. The summed E-state index contributed by atoms with van der Waals surface area (Å²) in [5, 5.41) is 17.2. The Hall–Kier alpha value is -1.14. The van der Waals surface area contributed by atoms with Gasteiger partial charge in [-0.1, -0.05) is 0 Å². The second-order valence-corrected chi connectivity index (χ2v) is 2.62. The third kappa shape index (κ3) is 1.72.